The Labute approximate surface area is 149 Å². The minimum Gasteiger partial charge on any atom is -0.373 e. The largest absolute Gasteiger partial charge is 0.373 e. The highest BCUT2D eigenvalue weighted by Crippen LogP contribution is 2.32. The number of hydrogen-bond acceptors (Lipinski definition) is 3. The van der Waals surface area contributed by atoms with Gasteiger partial charge in [-0.2, -0.15) is 5.10 Å². The van der Waals surface area contributed by atoms with Gasteiger partial charge in [-0.3, -0.25) is 9.48 Å². The predicted octanol–water partition coefficient (Wildman–Crippen LogP) is 3.25. The maximum atomic E-state index is 12.3. The lowest BCUT2D eigenvalue weighted by molar-refractivity contribution is 0.0393. The topological polar surface area (TPSA) is 56.2 Å². The van der Waals surface area contributed by atoms with Crippen LogP contribution >= 0.6 is 0 Å². The lowest BCUT2D eigenvalue weighted by Gasteiger charge is -2.25. The van der Waals surface area contributed by atoms with Crippen molar-refractivity contribution in [3.05, 3.63) is 52.3 Å². The summed E-state index contributed by atoms with van der Waals surface area (Å²) in [6.45, 7) is 5.05. The molecule has 0 saturated heterocycles. The lowest BCUT2D eigenvalue weighted by atomic mass is 9.89. The third-order valence-electron chi connectivity index (χ3n) is 4.98. The van der Waals surface area contributed by atoms with Gasteiger partial charge in [0.05, 0.1) is 17.4 Å². The minimum absolute atomic E-state index is 0.0499. The average molecular weight is 341 g/mol. The number of nitrogens with zero attached hydrogens (tertiary/aromatic N) is 2. The predicted molar refractivity (Wildman–Crippen MR) is 97.7 cm³/mol. The highest BCUT2D eigenvalue weighted by atomic mass is 16.5. The fraction of sp³-hybridized carbons (Fsp3) is 0.500. The van der Waals surface area contributed by atoms with Gasteiger partial charge in [0.15, 0.2) is 0 Å². The van der Waals surface area contributed by atoms with Crippen molar-refractivity contribution in [2.75, 3.05) is 13.2 Å². The van der Waals surface area contributed by atoms with Crippen molar-refractivity contribution < 1.29 is 9.53 Å². The van der Waals surface area contributed by atoms with Gasteiger partial charge in [-0.25, -0.2) is 0 Å². The molecule has 1 aromatic heterocycles. The van der Waals surface area contributed by atoms with Crippen LogP contribution < -0.4 is 5.32 Å². The second-order valence-corrected chi connectivity index (χ2v) is 6.73. The van der Waals surface area contributed by atoms with Gasteiger partial charge in [0.2, 0.25) is 0 Å². The van der Waals surface area contributed by atoms with E-state index in [4.69, 9.17) is 4.74 Å². The van der Waals surface area contributed by atoms with E-state index in [0.717, 1.165) is 30.7 Å². The summed E-state index contributed by atoms with van der Waals surface area (Å²) in [5.74, 6) is -0.0499. The molecule has 0 radical (unpaired) electrons. The van der Waals surface area contributed by atoms with E-state index < -0.39 is 0 Å². The van der Waals surface area contributed by atoms with E-state index in [1.165, 1.54) is 17.5 Å². The Morgan fingerprint density at radius 3 is 2.92 bits per heavy atom. The summed E-state index contributed by atoms with van der Waals surface area (Å²) in [5.41, 5.74) is 5.09. The summed E-state index contributed by atoms with van der Waals surface area (Å²) in [6.07, 6.45) is 4.41. The first-order valence-corrected chi connectivity index (χ1v) is 9.05. The van der Waals surface area contributed by atoms with E-state index in [9.17, 15) is 4.79 Å². The van der Waals surface area contributed by atoms with Gasteiger partial charge in [-0.15, -0.1) is 0 Å². The molecule has 1 amide bonds. The van der Waals surface area contributed by atoms with Gasteiger partial charge in [-0.05, 0) is 50.7 Å². The Bertz CT molecular complexity index is 751. The van der Waals surface area contributed by atoms with E-state index in [1.54, 1.807) is 4.68 Å². The highest BCUT2D eigenvalue weighted by Gasteiger charge is 2.20. The summed E-state index contributed by atoms with van der Waals surface area (Å²) < 4.78 is 7.82. The normalized spacial score (nSPS) is 16.5. The first-order valence-electron chi connectivity index (χ1n) is 9.05. The van der Waals surface area contributed by atoms with Crippen LogP contribution in [0.3, 0.4) is 0 Å². The molecule has 0 saturated carbocycles. The second kappa shape index (κ2) is 7.83. The van der Waals surface area contributed by atoms with Crippen LogP contribution in [-0.4, -0.2) is 28.8 Å². The number of benzene rings is 1. The maximum absolute atomic E-state index is 12.3. The lowest BCUT2D eigenvalue weighted by Crippen LogP contribution is -2.26. The average Bonchev–Trinajstić information content (AvgIpc) is 2.86. The molecule has 0 aliphatic heterocycles. The van der Waals surface area contributed by atoms with Crippen LogP contribution in [0, 0.1) is 13.8 Å². The molecule has 3 rings (SSSR count). The molecule has 2 aromatic rings. The monoisotopic (exact) mass is 341 g/mol. The van der Waals surface area contributed by atoms with Crippen LogP contribution in [0.1, 0.15) is 58.2 Å². The fourth-order valence-electron chi connectivity index (χ4n) is 3.57. The zero-order valence-corrected chi connectivity index (χ0v) is 15.3. The number of carbonyl (C=O) groups is 1. The molecule has 1 aromatic carbocycles. The third kappa shape index (κ3) is 3.93. The number of aromatic nitrogens is 2. The smallest absolute Gasteiger partial charge is 0.255 e. The number of hydrogen-bond donors (Lipinski definition) is 1. The molecule has 25 heavy (non-hydrogen) atoms. The van der Waals surface area contributed by atoms with Crippen molar-refractivity contribution >= 4 is 5.91 Å². The Morgan fingerprint density at radius 2 is 2.16 bits per heavy atom. The van der Waals surface area contributed by atoms with E-state index >= 15 is 0 Å². The summed E-state index contributed by atoms with van der Waals surface area (Å²) in [6, 6.07) is 8.55. The van der Waals surface area contributed by atoms with Crippen LogP contribution in [-0.2, 0) is 18.2 Å². The van der Waals surface area contributed by atoms with Crippen LogP contribution in [0.5, 0.6) is 0 Å². The second-order valence-electron chi connectivity index (χ2n) is 6.73. The molecule has 1 aliphatic rings. The fourth-order valence-corrected chi connectivity index (χ4v) is 3.57. The van der Waals surface area contributed by atoms with Crippen molar-refractivity contribution in [1.82, 2.24) is 15.1 Å². The molecule has 0 fully saturated rings. The standard InChI is InChI=1S/C20H27N3O2/c1-14-19(15(2)23(3)22-14)20(24)21-12-7-13-25-18-11-6-9-16-8-4-5-10-17(16)18/h4-5,8,10,18H,6-7,9,11-13H2,1-3H3,(H,21,24)/t18-/m0/s1. The Kier molecular flexibility index (Phi) is 5.53. The molecular formula is C20H27N3O2. The molecule has 134 valence electrons. The van der Waals surface area contributed by atoms with Crippen molar-refractivity contribution in [2.24, 2.45) is 7.05 Å². The number of aryl methyl sites for hydroxylation is 3. The van der Waals surface area contributed by atoms with Gasteiger partial charge >= 0.3 is 0 Å². The molecule has 0 unspecified atom stereocenters. The molecule has 5 nitrogen and oxygen atoms in total. The van der Waals surface area contributed by atoms with Crippen LogP contribution in [0.25, 0.3) is 0 Å². The van der Waals surface area contributed by atoms with Crippen LogP contribution in [0.15, 0.2) is 24.3 Å². The number of ether oxygens (including phenoxy) is 1. The quantitative estimate of drug-likeness (QED) is 0.821. The van der Waals surface area contributed by atoms with Crippen molar-refractivity contribution in [3.8, 4) is 0 Å². The third-order valence-corrected chi connectivity index (χ3v) is 4.98. The number of fused-ring (bicyclic) bond motifs is 1. The van der Waals surface area contributed by atoms with Crippen LogP contribution in [0.4, 0.5) is 0 Å². The summed E-state index contributed by atoms with van der Waals surface area (Å²) >= 11 is 0. The van der Waals surface area contributed by atoms with Gasteiger partial charge in [0, 0.05) is 25.9 Å². The van der Waals surface area contributed by atoms with Crippen LogP contribution in [0.2, 0.25) is 0 Å². The Morgan fingerprint density at radius 1 is 1.36 bits per heavy atom. The first kappa shape index (κ1) is 17.7. The molecular weight excluding hydrogens is 314 g/mol. The molecule has 0 bridgehead atoms. The SMILES string of the molecule is Cc1nn(C)c(C)c1C(=O)NCCCO[C@H]1CCCc2ccccc21. The number of carbonyl (C=O) groups excluding carboxylic acids is 1. The maximum Gasteiger partial charge on any atom is 0.255 e. The highest BCUT2D eigenvalue weighted by molar-refractivity contribution is 5.96. The zero-order valence-electron chi connectivity index (χ0n) is 15.3. The summed E-state index contributed by atoms with van der Waals surface area (Å²) in [4.78, 5) is 12.3. The first-order chi connectivity index (χ1) is 12.1. The molecule has 1 atom stereocenters. The number of amides is 1. The molecule has 1 aliphatic carbocycles. The van der Waals surface area contributed by atoms with Gasteiger partial charge < -0.3 is 10.1 Å². The van der Waals surface area contributed by atoms with Crippen molar-refractivity contribution in [3.63, 3.8) is 0 Å². The molecule has 0 spiro atoms. The van der Waals surface area contributed by atoms with Crippen molar-refractivity contribution in [1.29, 1.82) is 0 Å². The number of nitrogens with one attached hydrogen (secondary N) is 1. The molecule has 1 N–H and O–H groups in total. The number of rotatable bonds is 6. The van der Waals surface area contributed by atoms with Gasteiger partial charge in [0.25, 0.3) is 5.91 Å². The summed E-state index contributed by atoms with van der Waals surface area (Å²) in [5, 5.41) is 7.27. The van der Waals surface area contributed by atoms with E-state index in [-0.39, 0.29) is 12.0 Å². The zero-order chi connectivity index (χ0) is 17.8. The van der Waals surface area contributed by atoms with Crippen molar-refractivity contribution in [2.45, 2.75) is 45.6 Å². The summed E-state index contributed by atoms with van der Waals surface area (Å²) in [7, 11) is 1.86. The Balaban J connectivity index is 1.45. The van der Waals surface area contributed by atoms with E-state index in [2.05, 4.69) is 34.7 Å². The molecule has 1 heterocycles. The molecule has 5 heteroatoms. The van der Waals surface area contributed by atoms with Gasteiger partial charge in [0.1, 0.15) is 0 Å². The Hall–Kier alpha value is -2.14. The van der Waals surface area contributed by atoms with Gasteiger partial charge in [-0.1, -0.05) is 24.3 Å². The minimum atomic E-state index is -0.0499. The van der Waals surface area contributed by atoms with E-state index in [0.29, 0.717) is 18.7 Å². The van der Waals surface area contributed by atoms with E-state index in [1.807, 2.05) is 20.9 Å².